The van der Waals surface area contributed by atoms with Crippen molar-refractivity contribution in [1.29, 1.82) is 0 Å². The predicted octanol–water partition coefficient (Wildman–Crippen LogP) is 4.78. The lowest BCUT2D eigenvalue weighted by Crippen LogP contribution is -2.66. The van der Waals surface area contributed by atoms with Gasteiger partial charge in [-0.05, 0) is 68.2 Å². The number of anilines is 1. The molecule has 4 N–H and O–H groups in total. The van der Waals surface area contributed by atoms with Crippen molar-refractivity contribution in [2.24, 2.45) is 23.7 Å². The summed E-state index contributed by atoms with van der Waals surface area (Å²) in [4.78, 5) is 32.4. The fourth-order valence-electron chi connectivity index (χ4n) is 8.53. The average Bonchev–Trinajstić information content (AvgIpc) is 3.40. The Morgan fingerprint density at radius 3 is 2.56 bits per heavy atom. The largest absolute Gasteiger partial charge is 0.454 e. The third-order valence-corrected chi connectivity index (χ3v) is 11.6. The predicted molar refractivity (Wildman–Crippen MR) is 182 cm³/mol. The van der Waals surface area contributed by atoms with Gasteiger partial charge >= 0.3 is 11.9 Å². The van der Waals surface area contributed by atoms with Crippen molar-refractivity contribution in [3.8, 4) is 0 Å². The van der Waals surface area contributed by atoms with Crippen LogP contribution in [-0.4, -0.2) is 65.8 Å². The van der Waals surface area contributed by atoms with Gasteiger partial charge in [0.15, 0.2) is 18.4 Å². The molecule has 11 heteroatoms. The minimum Gasteiger partial charge on any atom is -0.454 e. The molecule has 0 amide bonds. The number of esters is 2. The van der Waals surface area contributed by atoms with Gasteiger partial charge in [-0.3, -0.25) is 24.8 Å². The minimum atomic E-state index is -1.56. The van der Waals surface area contributed by atoms with Crippen molar-refractivity contribution in [3.05, 3.63) is 76.3 Å². The van der Waals surface area contributed by atoms with E-state index in [0.29, 0.717) is 22.7 Å². The molecule has 0 radical (unpaired) electrons. The molecule has 2 heterocycles. The number of para-hydroxylation sites is 1. The van der Waals surface area contributed by atoms with Crippen molar-refractivity contribution in [2.75, 3.05) is 18.7 Å². The van der Waals surface area contributed by atoms with E-state index in [9.17, 15) is 19.8 Å². The van der Waals surface area contributed by atoms with Crippen LogP contribution in [0.5, 0.6) is 0 Å². The number of hydrogen-bond donors (Lipinski definition) is 4. The van der Waals surface area contributed by atoms with Gasteiger partial charge in [0.25, 0.3) is 0 Å². The number of benzene rings is 2. The van der Waals surface area contributed by atoms with Crippen molar-refractivity contribution in [1.82, 2.24) is 10.6 Å². The van der Waals surface area contributed by atoms with E-state index >= 15 is 0 Å². The van der Waals surface area contributed by atoms with Crippen LogP contribution in [0.15, 0.2) is 60.2 Å². The van der Waals surface area contributed by atoms with E-state index in [2.05, 4.69) is 36.6 Å². The van der Waals surface area contributed by atoms with Gasteiger partial charge in [-0.25, -0.2) is 0 Å². The summed E-state index contributed by atoms with van der Waals surface area (Å²) in [6.07, 6.45) is 0.535. The molecule has 48 heavy (non-hydrogen) atoms. The van der Waals surface area contributed by atoms with Gasteiger partial charge in [0.2, 0.25) is 0 Å². The molecular formula is C37H48ClN3O7. The van der Waals surface area contributed by atoms with Crippen LogP contribution in [0.2, 0.25) is 5.02 Å². The van der Waals surface area contributed by atoms with E-state index < -0.39 is 47.6 Å². The summed E-state index contributed by atoms with van der Waals surface area (Å²) in [6.45, 7) is 10.2. The smallest absolute Gasteiger partial charge is 0.323 e. The van der Waals surface area contributed by atoms with Crippen LogP contribution in [0, 0.1) is 23.7 Å². The Labute approximate surface area is 287 Å². The molecule has 11 atom stereocenters. The quantitative estimate of drug-likeness (QED) is 0.228. The molecule has 2 aliphatic heterocycles. The first-order valence-corrected chi connectivity index (χ1v) is 17.4. The summed E-state index contributed by atoms with van der Waals surface area (Å²) < 4.78 is 12.1. The average molecular weight is 682 g/mol. The highest BCUT2D eigenvalue weighted by Crippen LogP contribution is 2.53. The highest BCUT2D eigenvalue weighted by Gasteiger charge is 2.62. The first kappa shape index (κ1) is 34.9. The zero-order chi connectivity index (χ0) is 34.5. The number of rotatable bonds is 8. The van der Waals surface area contributed by atoms with Crippen LogP contribution in [0.3, 0.4) is 0 Å². The van der Waals surface area contributed by atoms with Gasteiger partial charge in [0.05, 0.1) is 10.7 Å². The standard InChI is InChI=1S/C37H48ClN3O7/c1-20-17-28-26(21(2)19-39-23(4)25-11-8-7-9-12-25)16-15-22(3)37(28,45)33(32(20)46-24(5)42)47-34(43)30-18-36(44)27-13-10-14-29(38)31(27)41(6)48-35(36)40-30/h7-14,17,21-23,26,28,30,32-33,35,39-40,44-45H,15-16,18-19H2,1-6H3/t21?,22-,23+,26+,28-,30+,32-,33+,35-,36-,37-/m1/s1. The second-order valence-electron chi connectivity index (χ2n) is 14.3. The maximum Gasteiger partial charge on any atom is 0.323 e. The lowest BCUT2D eigenvalue weighted by molar-refractivity contribution is -0.225. The van der Waals surface area contributed by atoms with Gasteiger partial charge in [-0.15, -0.1) is 0 Å². The zero-order valence-corrected chi connectivity index (χ0v) is 29.2. The van der Waals surface area contributed by atoms with E-state index in [1.807, 2.05) is 38.1 Å². The van der Waals surface area contributed by atoms with Gasteiger partial charge < -0.3 is 25.0 Å². The molecule has 1 unspecified atom stereocenters. The molecule has 0 aromatic heterocycles. The van der Waals surface area contributed by atoms with Crippen LogP contribution in [0.1, 0.15) is 71.0 Å². The lowest BCUT2D eigenvalue weighted by Gasteiger charge is -2.56. The zero-order valence-electron chi connectivity index (χ0n) is 28.5. The molecule has 1 saturated heterocycles. The van der Waals surface area contributed by atoms with Crippen molar-refractivity contribution >= 4 is 29.2 Å². The van der Waals surface area contributed by atoms with E-state index in [0.717, 1.165) is 18.5 Å². The Hall–Kier alpha value is -2.99. The molecular weight excluding hydrogens is 634 g/mol. The molecule has 2 aromatic rings. The Bertz CT molecular complexity index is 1560. The van der Waals surface area contributed by atoms with E-state index in [-0.39, 0.29) is 36.1 Å². The molecule has 2 aromatic carbocycles. The maximum atomic E-state index is 14.1. The Balaban J connectivity index is 1.26. The Morgan fingerprint density at radius 1 is 1.12 bits per heavy atom. The van der Waals surface area contributed by atoms with E-state index in [1.54, 1.807) is 25.2 Å². The van der Waals surface area contributed by atoms with Crippen molar-refractivity contribution in [3.63, 3.8) is 0 Å². The van der Waals surface area contributed by atoms with Crippen LogP contribution in [-0.2, 0) is 29.5 Å². The molecule has 4 aliphatic rings. The van der Waals surface area contributed by atoms with Gasteiger partial charge in [-0.1, -0.05) is 74.0 Å². The van der Waals surface area contributed by atoms with Crippen LogP contribution >= 0.6 is 11.6 Å². The van der Waals surface area contributed by atoms with Gasteiger partial charge in [0.1, 0.15) is 17.2 Å². The number of nitrogens with one attached hydrogen (secondary N) is 2. The lowest BCUT2D eigenvalue weighted by atomic mass is 9.55. The second kappa shape index (κ2) is 13.4. The molecule has 2 fully saturated rings. The number of hydrogen-bond acceptors (Lipinski definition) is 10. The van der Waals surface area contributed by atoms with Crippen LogP contribution in [0.25, 0.3) is 0 Å². The number of fused-ring (bicyclic) bond motifs is 4. The number of nitrogens with zero attached hydrogens (tertiary/aromatic N) is 1. The maximum absolute atomic E-state index is 14.1. The van der Waals surface area contributed by atoms with Crippen molar-refractivity contribution in [2.45, 2.75) is 95.6 Å². The molecule has 0 spiro atoms. The molecule has 6 rings (SSSR count). The van der Waals surface area contributed by atoms with Gasteiger partial charge in [-0.2, -0.15) is 0 Å². The summed E-state index contributed by atoms with van der Waals surface area (Å²) in [5.41, 5.74) is -0.0613. The fraction of sp³-hybridized carbons (Fsp3) is 0.568. The number of carbonyl (C=O) groups excluding carboxylic acids is 2. The summed E-state index contributed by atoms with van der Waals surface area (Å²) in [7, 11) is 1.69. The molecule has 0 bridgehead atoms. The number of aliphatic hydroxyl groups is 2. The SMILES string of the molecule is CC(=O)O[C@@H]1C(C)=C[C@@H]2[C@H](C(C)CN[C@@H](C)c3ccccc3)CC[C@@H](C)[C@]2(O)[C@H]1OC(=O)[C@@H]1C[C@@]2(O)c3cccc(Cl)c3N(C)O[C@H]2N1. The van der Waals surface area contributed by atoms with Crippen molar-refractivity contribution < 1.29 is 34.1 Å². The number of hydroxylamine groups is 1. The van der Waals surface area contributed by atoms with Gasteiger partial charge in [0, 0.05) is 37.9 Å². The topological polar surface area (TPSA) is 130 Å². The molecule has 2 aliphatic carbocycles. The monoisotopic (exact) mass is 681 g/mol. The molecule has 260 valence electrons. The highest BCUT2D eigenvalue weighted by atomic mass is 35.5. The summed E-state index contributed by atoms with van der Waals surface area (Å²) in [5, 5.41) is 33.3. The van der Waals surface area contributed by atoms with Crippen LogP contribution < -0.4 is 15.7 Å². The third kappa shape index (κ3) is 6.05. The van der Waals surface area contributed by atoms with E-state index in [1.165, 1.54) is 17.6 Å². The first-order valence-electron chi connectivity index (χ1n) is 17.0. The van der Waals surface area contributed by atoms with E-state index in [4.69, 9.17) is 25.9 Å². The first-order chi connectivity index (χ1) is 22.7. The highest BCUT2D eigenvalue weighted by molar-refractivity contribution is 6.33. The molecule has 1 saturated carbocycles. The number of carbonyl (C=O) groups is 2. The summed E-state index contributed by atoms with van der Waals surface area (Å²) in [6, 6.07) is 14.7. The summed E-state index contributed by atoms with van der Waals surface area (Å²) >= 11 is 6.46. The fourth-order valence-corrected chi connectivity index (χ4v) is 8.83. The Kier molecular flexibility index (Phi) is 9.72. The third-order valence-electron chi connectivity index (χ3n) is 11.3. The van der Waals surface area contributed by atoms with Crippen LogP contribution in [0.4, 0.5) is 5.69 Å². The summed E-state index contributed by atoms with van der Waals surface area (Å²) in [5.74, 6) is -1.54. The Morgan fingerprint density at radius 2 is 1.85 bits per heavy atom. The minimum absolute atomic E-state index is 0.0419. The number of ether oxygens (including phenoxy) is 2. The number of halogens is 1. The normalized spacial score (nSPS) is 35.4. The molecule has 10 nitrogen and oxygen atoms in total. The second-order valence-corrected chi connectivity index (χ2v) is 14.7.